The summed E-state index contributed by atoms with van der Waals surface area (Å²) < 4.78 is 0. The molecule has 1 aromatic heterocycles. The predicted octanol–water partition coefficient (Wildman–Crippen LogP) is 2.70. The van der Waals surface area contributed by atoms with Gasteiger partial charge in [0.05, 0.1) is 5.56 Å². The number of piperidine rings is 1. The van der Waals surface area contributed by atoms with Gasteiger partial charge in [0.15, 0.2) is 0 Å². The maximum absolute atomic E-state index is 12.1. The van der Waals surface area contributed by atoms with Crippen LogP contribution in [0.2, 0.25) is 0 Å². The maximum Gasteiger partial charge on any atom is 0.252 e. The Morgan fingerprint density at radius 3 is 2.67 bits per heavy atom. The van der Waals surface area contributed by atoms with Crippen molar-refractivity contribution in [2.75, 3.05) is 20.1 Å². The van der Waals surface area contributed by atoms with Gasteiger partial charge in [0.2, 0.25) is 0 Å². The minimum Gasteiger partial charge on any atom is -0.349 e. The summed E-state index contributed by atoms with van der Waals surface area (Å²) in [6.45, 7) is 6.46. The minimum absolute atomic E-state index is 0.0905. The third kappa shape index (κ3) is 3.33. The Morgan fingerprint density at radius 2 is 2.11 bits per heavy atom. The van der Waals surface area contributed by atoms with Crippen LogP contribution < -0.4 is 5.32 Å². The van der Waals surface area contributed by atoms with Crippen LogP contribution in [0.15, 0.2) is 11.4 Å². The number of nitrogens with one attached hydrogen (secondary N) is 1. The minimum atomic E-state index is 0.0905. The Hall–Kier alpha value is -0.870. The first-order valence-corrected chi connectivity index (χ1v) is 7.52. The van der Waals surface area contributed by atoms with Gasteiger partial charge in [0, 0.05) is 16.3 Å². The van der Waals surface area contributed by atoms with E-state index in [0.717, 1.165) is 31.5 Å². The Bertz CT molecular complexity index is 406. The fraction of sp³-hybridized carbons (Fsp3) is 0.643. The summed E-state index contributed by atoms with van der Waals surface area (Å²) in [4.78, 5) is 15.7. The van der Waals surface area contributed by atoms with Gasteiger partial charge in [0.1, 0.15) is 0 Å². The third-order valence-corrected chi connectivity index (χ3v) is 4.74. The van der Waals surface area contributed by atoms with Crippen molar-refractivity contribution in [2.45, 2.75) is 38.6 Å². The van der Waals surface area contributed by atoms with E-state index in [1.807, 2.05) is 11.4 Å². The molecule has 4 heteroatoms. The van der Waals surface area contributed by atoms with Gasteiger partial charge in [-0.25, -0.2) is 0 Å². The molecule has 1 fully saturated rings. The maximum atomic E-state index is 12.1. The molecule has 18 heavy (non-hydrogen) atoms. The molecule has 100 valence electrons. The summed E-state index contributed by atoms with van der Waals surface area (Å²) in [5.74, 6) is 0.590. The third-order valence-electron chi connectivity index (χ3n) is 3.50. The van der Waals surface area contributed by atoms with Crippen molar-refractivity contribution in [3.63, 3.8) is 0 Å². The molecule has 0 bridgehead atoms. The average Bonchev–Trinajstić information content (AvgIpc) is 2.81. The number of rotatable bonds is 3. The van der Waals surface area contributed by atoms with E-state index in [1.54, 1.807) is 11.3 Å². The van der Waals surface area contributed by atoms with E-state index < -0.39 is 0 Å². The lowest BCUT2D eigenvalue weighted by Gasteiger charge is -2.29. The molecule has 1 saturated heterocycles. The van der Waals surface area contributed by atoms with E-state index in [2.05, 4.69) is 31.1 Å². The number of nitrogens with zero attached hydrogens (tertiary/aromatic N) is 1. The molecule has 0 spiro atoms. The largest absolute Gasteiger partial charge is 0.349 e. The number of carbonyl (C=O) groups is 1. The second kappa shape index (κ2) is 5.85. The molecule has 1 aliphatic heterocycles. The van der Waals surface area contributed by atoms with Crippen LogP contribution in [0.1, 0.15) is 47.8 Å². The zero-order valence-corrected chi connectivity index (χ0v) is 12.2. The van der Waals surface area contributed by atoms with E-state index >= 15 is 0 Å². The number of hydrogen-bond donors (Lipinski definition) is 1. The molecule has 0 aliphatic carbocycles. The quantitative estimate of drug-likeness (QED) is 0.912. The number of amides is 1. The zero-order chi connectivity index (χ0) is 13.1. The van der Waals surface area contributed by atoms with E-state index in [4.69, 9.17) is 0 Å². The standard InChI is InChI=1S/C14H22N2OS/c1-10(2)13-8-11(9-18-13)14(17)15-12-4-6-16(3)7-5-12/h8-10,12H,4-7H2,1-3H3,(H,15,17). The van der Waals surface area contributed by atoms with E-state index in [-0.39, 0.29) is 5.91 Å². The number of thiophene rings is 1. The molecule has 2 heterocycles. The predicted molar refractivity (Wildman–Crippen MR) is 76.4 cm³/mol. The lowest BCUT2D eigenvalue weighted by Crippen LogP contribution is -2.43. The summed E-state index contributed by atoms with van der Waals surface area (Å²) in [6, 6.07) is 2.37. The molecule has 2 rings (SSSR count). The summed E-state index contributed by atoms with van der Waals surface area (Å²) >= 11 is 1.68. The first kappa shape index (κ1) is 13.6. The van der Waals surface area contributed by atoms with Crippen molar-refractivity contribution in [1.82, 2.24) is 10.2 Å². The summed E-state index contributed by atoms with van der Waals surface area (Å²) in [6.07, 6.45) is 2.12. The SMILES string of the molecule is CC(C)c1cc(C(=O)NC2CCN(C)CC2)cs1. The van der Waals surface area contributed by atoms with Crippen molar-refractivity contribution >= 4 is 17.2 Å². The van der Waals surface area contributed by atoms with Gasteiger partial charge in [-0.05, 0) is 45.0 Å². The highest BCUT2D eigenvalue weighted by Gasteiger charge is 2.19. The first-order chi connectivity index (χ1) is 8.56. The van der Waals surface area contributed by atoms with Crippen LogP contribution >= 0.6 is 11.3 Å². The Kier molecular flexibility index (Phi) is 4.40. The Labute approximate surface area is 113 Å². The molecule has 0 radical (unpaired) electrons. The van der Waals surface area contributed by atoms with Crippen LogP contribution in [-0.4, -0.2) is 37.0 Å². The summed E-state index contributed by atoms with van der Waals surface area (Å²) in [7, 11) is 2.13. The van der Waals surface area contributed by atoms with Crippen LogP contribution in [-0.2, 0) is 0 Å². The smallest absolute Gasteiger partial charge is 0.252 e. The van der Waals surface area contributed by atoms with Crippen molar-refractivity contribution in [1.29, 1.82) is 0 Å². The van der Waals surface area contributed by atoms with Crippen molar-refractivity contribution < 1.29 is 4.79 Å². The van der Waals surface area contributed by atoms with E-state index in [1.165, 1.54) is 4.88 Å². The molecular formula is C14H22N2OS. The second-order valence-electron chi connectivity index (χ2n) is 5.44. The average molecular weight is 266 g/mol. The monoisotopic (exact) mass is 266 g/mol. The van der Waals surface area contributed by atoms with Gasteiger partial charge < -0.3 is 10.2 Å². The molecule has 3 nitrogen and oxygen atoms in total. The fourth-order valence-corrected chi connectivity index (χ4v) is 3.10. The normalized spacial score (nSPS) is 18.2. The summed E-state index contributed by atoms with van der Waals surface area (Å²) in [5, 5.41) is 5.12. The van der Waals surface area contributed by atoms with Gasteiger partial charge in [-0.3, -0.25) is 4.79 Å². The molecule has 1 aromatic rings. The van der Waals surface area contributed by atoms with Crippen LogP contribution in [0.4, 0.5) is 0 Å². The van der Waals surface area contributed by atoms with Gasteiger partial charge in [0.25, 0.3) is 5.91 Å². The Balaban J connectivity index is 1.91. The van der Waals surface area contributed by atoms with Crippen LogP contribution in [0, 0.1) is 0 Å². The zero-order valence-electron chi connectivity index (χ0n) is 11.4. The highest BCUT2D eigenvalue weighted by molar-refractivity contribution is 7.10. The van der Waals surface area contributed by atoms with Crippen LogP contribution in [0.25, 0.3) is 0 Å². The molecular weight excluding hydrogens is 244 g/mol. The van der Waals surface area contributed by atoms with E-state index in [0.29, 0.717) is 12.0 Å². The molecule has 0 atom stereocenters. The van der Waals surface area contributed by atoms with Crippen LogP contribution in [0.3, 0.4) is 0 Å². The topological polar surface area (TPSA) is 32.3 Å². The van der Waals surface area contributed by atoms with Gasteiger partial charge >= 0.3 is 0 Å². The van der Waals surface area contributed by atoms with Crippen molar-refractivity contribution in [3.05, 3.63) is 21.9 Å². The van der Waals surface area contributed by atoms with Gasteiger partial charge in [-0.2, -0.15) is 0 Å². The van der Waals surface area contributed by atoms with Crippen molar-refractivity contribution in [2.24, 2.45) is 0 Å². The van der Waals surface area contributed by atoms with Gasteiger partial charge in [-0.1, -0.05) is 13.8 Å². The lowest BCUT2D eigenvalue weighted by atomic mass is 10.1. The first-order valence-electron chi connectivity index (χ1n) is 6.64. The molecule has 1 N–H and O–H groups in total. The van der Waals surface area contributed by atoms with Crippen molar-refractivity contribution in [3.8, 4) is 0 Å². The highest BCUT2D eigenvalue weighted by Crippen LogP contribution is 2.23. The Morgan fingerprint density at radius 1 is 1.44 bits per heavy atom. The lowest BCUT2D eigenvalue weighted by molar-refractivity contribution is 0.0917. The second-order valence-corrected chi connectivity index (χ2v) is 6.39. The highest BCUT2D eigenvalue weighted by atomic mass is 32.1. The van der Waals surface area contributed by atoms with Crippen LogP contribution in [0.5, 0.6) is 0 Å². The summed E-state index contributed by atoms with van der Waals surface area (Å²) in [5.41, 5.74) is 0.822. The molecule has 0 aromatic carbocycles. The van der Waals surface area contributed by atoms with E-state index in [9.17, 15) is 4.79 Å². The number of likely N-dealkylation sites (tertiary alicyclic amines) is 1. The molecule has 0 unspecified atom stereocenters. The fourth-order valence-electron chi connectivity index (χ4n) is 2.20. The molecule has 1 aliphatic rings. The molecule has 1 amide bonds. The number of hydrogen-bond acceptors (Lipinski definition) is 3. The molecule has 0 saturated carbocycles. The van der Waals surface area contributed by atoms with Gasteiger partial charge in [-0.15, -0.1) is 11.3 Å². The number of carbonyl (C=O) groups excluding carboxylic acids is 1.